The zero-order valence-corrected chi connectivity index (χ0v) is 20.6. The van der Waals surface area contributed by atoms with Gasteiger partial charge in [-0.3, -0.25) is 9.48 Å². The maximum Gasteiger partial charge on any atom is 0.268 e. The van der Waals surface area contributed by atoms with Gasteiger partial charge in [0.1, 0.15) is 10.6 Å². The number of amides is 1. The number of aromatic nitrogens is 2. The number of nitrogens with zero attached hydrogens (tertiary/aromatic N) is 3. The van der Waals surface area contributed by atoms with Gasteiger partial charge < -0.3 is 9.64 Å². The molecule has 0 radical (unpaired) electrons. The fourth-order valence-corrected chi connectivity index (χ4v) is 4.58. The molecule has 3 rings (SSSR count). The van der Waals surface area contributed by atoms with Crippen molar-refractivity contribution in [3.8, 4) is 5.75 Å². The number of rotatable bonds is 7. The lowest BCUT2D eigenvalue weighted by Crippen LogP contribution is -2.31. The molecule has 1 N–H and O–H groups in total. The standard InChI is InChI=1S/C24H30N4O4S/c1-24(2,3)19-10-11-21(32-6)22(15-19)33(30,31)26-23(29)17-8-9-18(20(14-17)27(4)5)16-28-13-7-12-25-28/h7-15H,16H2,1-6H3,(H,26,29). The molecule has 0 saturated carbocycles. The summed E-state index contributed by atoms with van der Waals surface area (Å²) in [6.45, 7) is 6.48. The van der Waals surface area contributed by atoms with E-state index in [1.807, 2.05) is 58.1 Å². The molecule has 3 aromatic rings. The molecule has 0 bridgehead atoms. The summed E-state index contributed by atoms with van der Waals surface area (Å²) in [5.74, 6) is -0.543. The highest BCUT2D eigenvalue weighted by atomic mass is 32.2. The van der Waals surface area contributed by atoms with Crippen molar-refractivity contribution >= 4 is 21.6 Å². The SMILES string of the molecule is COc1ccc(C(C)(C)C)cc1S(=O)(=O)NC(=O)c1ccc(Cn2cccn2)c(N(C)C)c1. The molecule has 176 valence electrons. The van der Waals surface area contributed by atoms with E-state index in [-0.39, 0.29) is 21.6 Å². The van der Waals surface area contributed by atoms with Crippen molar-refractivity contribution in [2.45, 2.75) is 37.6 Å². The first-order chi connectivity index (χ1) is 15.4. The Morgan fingerprint density at radius 1 is 1.15 bits per heavy atom. The quantitative estimate of drug-likeness (QED) is 0.569. The van der Waals surface area contributed by atoms with Gasteiger partial charge in [-0.15, -0.1) is 0 Å². The number of sulfonamides is 1. The Morgan fingerprint density at radius 3 is 2.45 bits per heavy atom. The van der Waals surface area contributed by atoms with Crippen LogP contribution in [0.3, 0.4) is 0 Å². The van der Waals surface area contributed by atoms with Crippen molar-refractivity contribution in [1.82, 2.24) is 14.5 Å². The average molecular weight is 471 g/mol. The molecule has 8 nitrogen and oxygen atoms in total. The van der Waals surface area contributed by atoms with E-state index in [0.29, 0.717) is 6.54 Å². The number of ether oxygens (including phenoxy) is 1. The Bertz CT molecular complexity index is 1240. The molecule has 9 heteroatoms. The normalized spacial score (nSPS) is 11.8. The summed E-state index contributed by atoms with van der Waals surface area (Å²) in [4.78, 5) is 14.8. The molecule has 1 amide bonds. The maximum absolute atomic E-state index is 13.1. The molecule has 0 aliphatic heterocycles. The number of nitrogens with one attached hydrogen (secondary N) is 1. The second-order valence-electron chi connectivity index (χ2n) is 8.99. The molecule has 2 aromatic carbocycles. The number of benzene rings is 2. The van der Waals surface area contributed by atoms with Gasteiger partial charge in [0.25, 0.3) is 15.9 Å². The van der Waals surface area contributed by atoms with Crippen LogP contribution < -0.4 is 14.4 Å². The van der Waals surface area contributed by atoms with Crippen LogP contribution in [0.2, 0.25) is 0 Å². The van der Waals surface area contributed by atoms with Gasteiger partial charge in [0.05, 0.1) is 13.7 Å². The van der Waals surface area contributed by atoms with Crippen molar-refractivity contribution in [3.05, 3.63) is 71.5 Å². The lowest BCUT2D eigenvalue weighted by Gasteiger charge is -2.21. The third-order valence-electron chi connectivity index (χ3n) is 5.27. The minimum absolute atomic E-state index is 0.0751. The van der Waals surface area contributed by atoms with Crippen LogP contribution in [0.1, 0.15) is 42.3 Å². The van der Waals surface area contributed by atoms with E-state index in [2.05, 4.69) is 9.82 Å². The zero-order chi connectivity index (χ0) is 24.4. The van der Waals surface area contributed by atoms with E-state index in [1.165, 1.54) is 7.11 Å². The summed E-state index contributed by atoms with van der Waals surface area (Å²) in [6.07, 6.45) is 3.55. The predicted molar refractivity (Wildman–Crippen MR) is 128 cm³/mol. The maximum atomic E-state index is 13.1. The van der Waals surface area contributed by atoms with Gasteiger partial charge in [-0.2, -0.15) is 5.10 Å². The molecule has 0 unspecified atom stereocenters. The molecule has 1 aromatic heterocycles. The number of carbonyl (C=O) groups is 1. The summed E-state index contributed by atoms with van der Waals surface area (Å²) < 4.78 is 35.5. The predicted octanol–water partition coefficient (Wildman–Crippen LogP) is 3.42. The molecule has 1 heterocycles. The summed E-state index contributed by atoms with van der Waals surface area (Å²) in [7, 11) is 0.956. The lowest BCUT2D eigenvalue weighted by molar-refractivity contribution is 0.0981. The van der Waals surface area contributed by atoms with E-state index < -0.39 is 15.9 Å². The molecule has 0 spiro atoms. The van der Waals surface area contributed by atoms with E-state index >= 15 is 0 Å². The number of hydrogen-bond acceptors (Lipinski definition) is 6. The van der Waals surface area contributed by atoms with Gasteiger partial charge in [0, 0.05) is 37.7 Å². The van der Waals surface area contributed by atoms with Gasteiger partial charge in [-0.05, 0) is 46.9 Å². The Hall–Kier alpha value is -3.33. The first-order valence-electron chi connectivity index (χ1n) is 10.5. The topological polar surface area (TPSA) is 93.5 Å². The van der Waals surface area contributed by atoms with E-state index in [1.54, 1.807) is 41.2 Å². The molecule has 0 atom stereocenters. The smallest absolute Gasteiger partial charge is 0.268 e. The molecule has 0 saturated heterocycles. The number of hydrogen-bond donors (Lipinski definition) is 1. The van der Waals surface area contributed by atoms with E-state index in [9.17, 15) is 13.2 Å². The number of anilines is 1. The summed E-state index contributed by atoms with van der Waals surface area (Å²) in [5.41, 5.74) is 2.52. The number of carbonyl (C=O) groups excluding carboxylic acids is 1. The van der Waals surface area contributed by atoms with Crippen molar-refractivity contribution < 1.29 is 17.9 Å². The third kappa shape index (κ3) is 5.54. The molecule has 33 heavy (non-hydrogen) atoms. The molecule has 0 aliphatic carbocycles. The highest BCUT2D eigenvalue weighted by molar-refractivity contribution is 7.90. The summed E-state index contributed by atoms with van der Waals surface area (Å²) in [5, 5.41) is 4.22. The van der Waals surface area contributed by atoms with Crippen LogP contribution >= 0.6 is 0 Å². The summed E-state index contributed by atoms with van der Waals surface area (Å²) in [6, 6.07) is 11.9. The highest BCUT2D eigenvalue weighted by Gasteiger charge is 2.26. The van der Waals surface area contributed by atoms with Gasteiger partial charge >= 0.3 is 0 Å². The fraction of sp³-hybridized carbons (Fsp3) is 0.333. The van der Waals surface area contributed by atoms with Crippen LogP contribution in [-0.2, 0) is 22.0 Å². The first kappa shape index (κ1) is 24.3. The Morgan fingerprint density at radius 2 is 1.88 bits per heavy atom. The second kappa shape index (κ2) is 9.27. The van der Waals surface area contributed by atoms with Crippen LogP contribution in [0.25, 0.3) is 0 Å². The lowest BCUT2D eigenvalue weighted by atomic mass is 9.87. The van der Waals surface area contributed by atoms with Crippen LogP contribution in [0.4, 0.5) is 5.69 Å². The third-order valence-corrected chi connectivity index (χ3v) is 6.62. The van der Waals surface area contributed by atoms with E-state index in [0.717, 1.165) is 16.8 Å². The fourth-order valence-electron chi connectivity index (χ4n) is 3.41. The Kier molecular flexibility index (Phi) is 6.83. The molecular formula is C24H30N4O4S. The van der Waals surface area contributed by atoms with Crippen LogP contribution in [-0.4, -0.2) is 45.3 Å². The largest absolute Gasteiger partial charge is 0.495 e. The van der Waals surface area contributed by atoms with Gasteiger partial charge in [0.15, 0.2) is 0 Å². The van der Waals surface area contributed by atoms with Crippen molar-refractivity contribution in [1.29, 1.82) is 0 Å². The van der Waals surface area contributed by atoms with Crippen molar-refractivity contribution in [2.24, 2.45) is 0 Å². The van der Waals surface area contributed by atoms with Gasteiger partial charge in [-0.1, -0.05) is 32.9 Å². The summed E-state index contributed by atoms with van der Waals surface area (Å²) >= 11 is 0. The first-order valence-corrected chi connectivity index (χ1v) is 11.9. The number of methoxy groups -OCH3 is 1. The van der Waals surface area contributed by atoms with Gasteiger partial charge in [-0.25, -0.2) is 13.1 Å². The monoisotopic (exact) mass is 470 g/mol. The Balaban J connectivity index is 1.92. The van der Waals surface area contributed by atoms with E-state index in [4.69, 9.17) is 4.74 Å². The van der Waals surface area contributed by atoms with Crippen LogP contribution in [0, 0.1) is 0 Å². The second-order valence-corrected chi connectivity index (χ2v) is 10.6. The zero-order valence-electron chi connectivity index (χ0n) is 19.8. The molecular weight excluding hydrogens is 440 g/mol. The highest BCUT2D eigenvalue weighted by Crippen LogP contribution is 2.31. The minimum Gasteiger partial charge on any atom is -0.495 e. The van der Waals surface area contributed by atoms with Crippen LogP contribution in [0.5, 0.6) is 5.75 Å². The minimum atomic E-state index is -4.17. The molecule has 0 fully saturated rings. The average Bonchev–Trinajstić information content (AvgIpc) is 3.25. The van der Waals surface area contributed by atoms with Crippen LogP contribution in [0.15, 0.2) is 59.8 Å². The van der Waals surface area contributed by atoms with Gasteiger partial charge in [0.2, 0.25) is 0 Å². The molecule has 0 aliphatic rings. The van der Waals surface area contributed by atoms with Crippen molar-refractivity contribution in [2.75, 3.05) is 26.1 Å². The Labute approximate surface area is 195 Å². The van der Waals surface area contributed by atoms with Crippen molar-refractivity contribution in [3.63, 3.8) is 0 Å².